The second-order valence-corrected chi connectivity index (χ2v) is 5.94. The Balaban J connectivity index is 2.80. The molecule has 0 atom stereocenters. The maximum Gasteiger partial charge on any atom is 0.281 e. The summed E-state index contributed by atoms with van der Waals surface area (Å²) >= 11 is 12.3. The van der Waals surface area contributed by atoms with Crippen LogP contribution in [0.4, 0.5) is 5.69 Å². The first-order valence-corrected chi connectivity index (χ1v) is 8.18. The average molecular weight is 409 g/mol. The van der Waals surface area contributed by atoms with Gasteiger partial charge in [-0.3, -0.25) is 10.1 Å². The first-order chi connectivity index (χ1) is 12.9. The fourth-order valence-electron chi connectivity index (χ4n) is 2.44. The normalized spacial score (nSPS) is 10.9. The second-order valence-electron chi connectivity index (χ2n) is 5.13. The predicted molar refractivity (Wildman–Crippen MR) is 103 cm³/mol. The van der Waals surface area contributed by atoms with Gasteiger partial charge in [-0.05, 0) is 24.3 Å². The van der Waals surface area contributed by atoms with Gasteiger partial charge in [0.25, 0.3) is 5.69 Å². The summed E-state index contributed by atoms with van der Waals surface area (Å²) in [5, 5.41) is 21.7. The van der Waals surface area contributed by atoms with Gasteiger partial charge in [0.2, 0.25) is 0 Å². The number of hydrogen-bond donors (Lipinski definition) is 0. The Labute approximate surface area is 165 Å². The van der Waals surface area contributed by atoms with Gasteiger partial charge in [-0.2, -0.15) is 5.26 Å². The molecule has 0 radical (unpaired) electrons. The van der Waals surface area contributed by atoms with Gasteiger partial charge in [0.05, 0.1) is 53.5 Å². The number of benzene rings is 2. The number of nitrogens with zero attached hydrogens (tertiary/aromatic N) is 2. The minimum absolute atomic E-state index is 0.0230. The zero-order chi connectivity index (χ0) is 20.1. The summed E-state index contributed by atoms with van der Waals surface area (Å²) in [6.07, 6.45) is 1.38. The lowest BCUT2D eigenvalue weighted by Gasteiger charge is -2.12. The van der Waals surface area contributed by atoms with E-state index in [4.69, 9.17) is 37.4 Å². The molecule has 2 aromatic rings. The van der Waals surface area contributed by atoms with E-state index >= 15 is 0 Å². The van der Waals surface area contributed by atoms with E-state index in [9.17, 15) is 15.4 Å². The Morgan fingerprint density at radius 1 is 1.11 bits per heavy atom. The number of ether oxygens (including phenoxy) is 3. The Morgan fingerprint density at radius 3 is 2.22 bits per heavy atom. The molecule has 2 rings (SSSR count). The minimum Gasteiger partial charge on any atom is -0.495 e. The third kappa shape index (κ3) is 4.08. The van der Waals surface area contributed by atoms with Crippen molar-refractivity contribution in [3.8, 4) is 23.3 Å². The molecule has 0 aliphatic rings. The third-order valence-electron chi connectivity index (χ3n) is 3.70. The van der Waals surface area contributed by atoms with Gasteiger partial charge in [0.15, 0.2) is 11.5 Å². The average Bonchev–Trinajstić information content (AvgIpc) is 2.67. The van der Waals surface area contributed by atoms with Crippen LogP contribution < -0.4 is 14.2 Å². The number of rotatable bonds is 6. The molecule has 27 heavy (non-hydrogen) atoms. The van der Waals surface area contributed by atoms with E-state index in [1.165, 1.54) is 45.6 Å². The Bertz CT molecular complexity index is 967. The van der Waals surface area contributed by atoms with Gasteiger partial charge >= 0.3 is 0 Å². The highest BCUT2D eigenvalue weighted by Gasteiger charge is 2.23. The van der Waals surface area contributed by atoms with Crippen molar-refractivity contribution in [2.24, 2.45) is 0 Å². The first-order valence-electron chi connectivity index (χ1n) is 7.42. The van der Waals surface area contributed by atoms with E-state index in [0.717, 1.165) is 0 Å². The Morgan fingerprint density at radius 2 is 1.70 bits per heavy atom. The summed E-state index contributed by atoms with van der Waals surface area (Å²) in [5.74, 6) is 0.659. The van der Waals surface area contributed by atoms with E-state index < -0.39 is 4.92 Å². The molecule has 9 heteroatoms. The maximum absolute atomic E-state index is 11.5. The monoisotopic (exact) mass is 408 g/mol. The zero-order valence-corrected chi connectivity index (χ0v) is 16.1. The van der Waals surface area contributed by atoms with Crippen LogP contribution in [-0.2, 0) is 0 Å². The molecule has 0 aliphatic heterocycles. The maximum atomic E-state index is 11.5. The molecule has 0 saturated carbocycles. The molecule has 0 bridgehead atoms. The van der Waals surface area contributed by atoms with Crippen molar-refractivity contribution in [3.05, 3.63) is 55.6 Å². The van der Waals surface area contributed by atoms with Crippen LogP contribution in [0.2, 0.25) is 10.0 Å². The van der Waals surface area contributed by atoms with E-state index in [1.807, 2.05) is 6.07 Å². The molecule has 140 valence electrons. The highest BCUT2D eigenvalue weighted by molar-refractivity contribution is 6.35. The predicted octanol–water partition coefficient (Wildman–Crippen LogP) is 4.99. The standard InChI is InChI=1S/C18H14Cl2N2O5/c1-25-16-7-11(15(22(23)24)8-17(16)26-2)10(9-21)6-12-13(19)4-5-14(20)18(12)27-3/h4-8H,1-3H3/b10-6+. The number of nitro benzene ring substituents is 1. The SMILES string of the molecule is COc1cc(/C(C#N)=C/c2c(Cl)ccc(Cl)c2OC)c([N+](=O)[O-])cc1OC. The molecule has 0 amide bonds. The van der Waals surface area contributed by atoms with Crippen molar-refractivity contribution in [3.63, 3.8) is 0 Å². The Hall–Kier alpha value is -2.95. The van der Waals surface area contributed by atoms with Crippen LogP contribution >= 0.6 is 23.2 Å². The van der Waals surface area contributed by atoms with Crippen LogP contribution in [0.25, 0.3) is 11.6 Å². The lowest BCUT2D eigenvalue weighted by molar-refractivity contribution is -0.385. The van der Waals surface area contributed by atoms with Crippen LogP contribution in [0.5, 0.6) is 17.2 Å². The molecule has 0 aliphatic carbocycles. The highest BCUT2D eigenvalue weighted by atomic mass is 35.5. The molecule has 2 aromatic carbocycles. The molecule has 7 nitrogen and oxygen atoms in total. The number of hydrogen-bond acceptors (Lipinski definition) is 6. The van der Waals surface area contributed by atoms with Crippen molar-refractivity contribution in [1.82, 2.24) is 0 Å². The van der Waals surface area contributed by atoms with Crippen LogP contribution in [0, 0.1) is 21.4 Å². The number of nitriles is 1. The van der Waals surface area contributed by atoms with E-state index in [-0.39, 0.29) is 44.1 Å². The van der Waals surface area contributed by atoms with Gasteiger partial charge in [0, 0.05) is 5.56 Å². The smallest absolute Gasteiger partial charge is 0.281 e. The molecular weight excluding hydrogens is 395 g/mol. The van der Waals surface area contributed by atoms with E-state index in [1.54, 1.807) is 6.07 Å². The van der Waals surface area contributed by atoms with Crippen LogP contribution in [0.3, 0.4) is 0 Å². The topological polar surface area (TPSA) is 94.6 Å². The zero-order valence-electron chi connectivity index (χ0n) is 14.6. The second kappa shape index (κ2) is 8.62. The number of halogens is 2. The van der Waals surface area contributed by atoms with Crippen molar-refractivity contribution in [2.45, 2.75) is 0 Å². The largest absolute Gasteiger partial charge is 0.495 e. The third-order valence-corrected chi connectivity index (χ3v) is 4.32. The van der Waals surface area contributed by atoms with Crippen molar-refractivity contribution < 1.29 is 19.1 Å². The van der Waals surface area contributed by atoms with Gasteiger partial charge in [-0.15, -0.1) is 0 Å². The fourth-order valence-corrected chi connectivity index (χ4v) is 2.89. The summed E-state index contributed by atoms with van der Waals surface area (Å²) in [6, 6.07) is 7.59. The molecular formula is C18H14Cl2N2O5. The van der Waals surface area contributed by atoms with E-state index in [0.29, 0.717) is 5.56 Å². The van der Waals surface area contributed by atoms with Gasteiger partial charge < -0.3 is 14.2 Å². The van der Waals surface area contributed by atoms with Crippen molar-refractivity contribution in [1.29, 1.82) is 5.26 Å². The molecule has 0 aromatic heterocycles. The van der Waals surface area contributed by atoms with Crippen molar-refractivity contribution >= 4 is 40.5 Å². The molecule has 0 heterocycles. The fraction of sp³-hybridized carbons (Fsp3) is 0.167. The molecule has 0 unspecified atom stereocenters. The van der Waals surface area contributed by atoms with Crippen LogP contribution in [-0.4, -0.2) is 26.3 Å². The number of nitro groups is 1. The van der Waals surface area contributed by atoms with E-state index in [2.05, 4.69) is 0 Å². The molecule has 0 N–H and O–H groups in total. The van der Waals surface area contributed by atoms with Crippen LogP contribution in [0.1, 0.15) is 11.1 Å². The Kier molecular flexibility index (Phi) is 6.50. The lowest BCUT2D eigenvalue weighted by Crippen LogP contribution is -1.99. The van der Waals surface area contributed by atoms with Crippen molar-refractivity contribution in [2.75, 3.05) is 21.3 Å². The number of allylic oxidation sites excluding steroid dienone is 1. The highest BCUT2D eigenvalue weighted by Crippen LogP contribution is 2.40. The lowest BCUT2D eigenvalue weighted by atomic mass is 10.0. The first kappa shape index (κ1) is 20.4. The summed E-state index contributed by atoms with van der Waals surface area (Å²) in [6.45, 7) is 0. The van der Waals surface area contributed by atoms with Gasteiger partial charge in [0.1, 0.15) is 11.8 Å². The molecule has 0 fully saturated rings. The molecule has 0 saturated heterocycles. The quantitative estimate of drug-likeness (QED) is 0.289. The molecule has 0 spiro atoms. The van der Waals surface area contributed by atoms with Gasteiger partial charge in [-0.1, -0.05) is 23.2 Å². The minimum atomic E-state index is -0.612. The summed E-state index contributed by atoms with van der Waals surface area (Å²) in [5.41, 5.74) is 0.0215. The van der Waals surface area contributed by atoms with Crippen LogP contribution in [0.15, 0.2) is 24.3 Å². The summed E-state index contributed by atoms with van der Waals surface area (Å²) < 4.78 is 15.5. The number of methoxy groups -OCH3 is 3. The van der Waals surface area contributed by atoms with Gasteiger partial charge in [-0.25, -0.2) is 0 Å². The summed E-state index contributed by atoms with van der Waals surface area (Å²) in [4.78, 5) is 10.9. The summed E-state index contributed by atoms with van der Waals surface area (Å²) in [7, 11) is 4.15.